The van der Waals surface area contributed by atoms with Crippen LogP contribution in [0.15, 0.2) is 0 Å². The van der Waals surface area contributed by atoms with Crippen molar-refractivity contribution in [3.05, 3.63) is 11.6 Å². The van der Waals surface area contributed by atoms with Gasteiger partial charge in [0.1, 0.15) is 5.82 Å². The summed E-state index contributed by atoms with van der Waals surface area (Å²) in [5.41, 5.74) is 4.57. The van der Waals surface area contributed by atoms with E-state index in [2.05, 4.69) is 15.2 Å². The Balaban J connectivity index is 2.01. The Morgan fingerprint density at radius 2 is 2.19 bits per heavy atom. The van der Waals surface area contributed by atoms with Crippen LogP contribution < -0.4 is 5.73 Å². The Bertz CT molecular complexity index is 342. The Kier molecular flexibility index (Phi) is 3.25. The summed E-state index contributed by atoms with van der Waals surface area (Å²) in [7, 11) is 0. The van der Waals surface area contributed by atoms with Crippen LogP contribution in [0.1, 0.15) is 50.2 Å². The molecule has 1 atom stereocenters. The largest absolute Gasteiger partial charge is 0.388 e. The zero-order valence-electron chi connectivity index (χ0n) is 9.74. The average molecular weight is 224 g/mol. The molecule has 90 valence electrons. The van der Waals surface area contributed by atoms with E-state index in [-0.39, 0.29) is 6.54 Å². The molecule has 0 saturated heterocycles. The maximum atomic E-state index is 9.84. The Hall–Kier alpha value is -0.940. The van der Waals surface area contributed by atoms with Gasteiger partial charge >= 0.3 is 0 Å². The summed E-state index contributed by atoms with van der Waals surface area (Å²) in [5.74, 6) is 2.14. The van der Waals surface area contributed by atoms with Crippen LogP contribution in [0.5, 0.6) is 0 Å². The molecule has 1 saturated carbocycles. The van der Waals surface area contributed by atoms with Gasteiger partial charge in [0.2, 0.25) is 0 Å². The molecule has 0 aliphatic heterocycles. The van der Waals surface area contributed by atoms with E-state index in [1.54, 1.807) is 6.92 Å². The second kappa shape index (κ2) is 4.51. The van der Waals surface area contributed by atoms with Gasteiger partial charge in [-0.2, -0.15) is 5.10 Å². The van der Waals surface area contributed by atoms with Crippen molar-refractivity contribution >= 4 is 0 Å². The summed E-state index contributed by atoms with van der Waals surface area (Å²) in [6.45, 7) is 1.94. The molecule has 1 fully saturated rings. The molecule has 1 aromatic heterocycles. The third-order valence-electron chi connectivity index (χ3n) is 3.26. The number of rotatable bonds is 4. The first-order chi connectivity index (χ1) is 7.61. The van der Waals surface area contributed by atoms with E-state index in [0.29, 0.717) is 12.3 Å². The van der Waals surface area contributed by atoms with Gasteiger partial charge in [-0.15, -0.1) is 0 Å². The number of aliphatic hydroxyl groups is 1. The lowest BCUT2D eigenvalue weighted by Crippen LogP contribution is -2.36. The molecule has 16 heavy (non-hydrogen) atoms. The molecule has 4 N–H and O–H groups in total. The molecule has 1 aliphatic rings. The Morgan fingerprint density at radius 3 is 2.81 bits per heavy atom. The van der Waals surface area contributed by atoms with Crippen LogP contribution in [-0.2, 0) is 6.42 Å². The van der Waals surface area contributed by atoms with Crippen LogP contribution in [0.2, 0.25) is 0 Å². The maximum Gasteiger partial charge on any atom is 0.153 e. The lowest BCUT2D eigenvalue weighted by Gasteiger charge is -2.18. The second-order valence-corrected chi connectivity index (χ2v) is 5.00. The summed E-state index contributed by atoms with van der Waals surface area (Å²) in [6.07, 6.45) is 5.35. The molecule has 0 bridgehead atoms. The molecule has 0 aromatic carbocycles. The maximum absolute atomic E-state index is 9.84. The van der Waals surface area contributed by atoms with Crippen LogP contribution in [0.4, 0.5) is 0 Å². The van der Waals surface area contributed by atoms with Gasteiger partial charge in [-0.25, -0.2) is 4.98 Å². The number of aromatic amines is 1. The molecule has 1 unspecified atom stereocenters. The number of hydrogen-bond acceptors (Lipinski definition) is 4. The number of nitrogens with zero attached hydrogens (tertiary/aromatic N) is 2. The van der Waals surface area contributed by atoms with Gasteiger partial charge in [0.05, 0.1) is 5.60 Å². The lowest BCUT2D eigenvalue weighted by atomic mass is 10.0. The lowest BCUT2D eigenvalue weighted by molar-refractivity contribution is 0.0676. The minimum Gasteiger partial charge on any atom is -0.388 e. The number of nitrogens with two attached hydrogens (primary N) is 1. The van der Waals surface area contributed by atoms with Gasteiger partial charge in [-0.05, 0) is 19.8 Å². The molecule has 0 spiro atoms. The van der Waals surface area contributed by atoms with E-state index in [4.69, 9.17) is 5.73 Å². The highest BCUT2D eigenvalue weighted by Gasteiger charge is 2.24. The molecule has 0 radical (unpaired) electrons. The highest BCUT2D eigenvalue weighted by atomic mass is 16.3. The van der Waals surface area contributed by atoms with Crippen molar-refractivity contribution in [2.75, 3.05) is 6.54 Å². The van der Waals surface area contributed by atoms with Crippen molar-refractivity contribution in [1.29, 1.82) is 0 Å². The second-order valence-electron chi connectivity index (χ2n) is 5.00. The van der Waals surface area contributed by atoms with Crippen LogP contribution in [-0.4, -0.2) is 32.4 Å². The Morgan fingerprint density at radius 1 is 1.50 bits per heavy atom. The molecule has 1 heterocycles. The first-order valence-electron chi connectivity index (χ1n) is 5.94. The van der Waals surface area contributed by atoms with Crippen LogP contribution in [0.3, 0.4) is 0 Å². The molecule has 2 rings (SSSR count). The fraction of sp³-hybridized carbons (Fsp3) is 0.818. The number of nitrogens with one attached hydrogen (secondary N) is 1. The van der Waals surface area contributed by atoms with Gasteiger partial charge < -0.3 is 10.8 Å². The van der Waals surface area contributed by atoms with E-state index in [1.165, 1.54) is 25.7 Å². The minimum atomic E-state index is -0.896. The standard InChI is InChI=1S/C11H20N4O/c1-11(16,7-12)6-9-13-10(15-14-9)8-4-2-3-5-8/h8,16H,2-7,12H2,1H3,(H,13,14,15). The first-order valence-corrected chi connectivity index (χ1v) is 5.94. The van der Waals surface area contributed by atoms with Crippen molar-refractivity contribution in [2.24, 2.45) is 5.73 Å². The highest BCUT2D eigenvalue weighted by Crippen LogP contribution is 2.31. The zero-order chi connectivity index (χ0) is 11.6. The topological polar surface area (TPSA) is 87.8 Å². The molecular weight excluding hydrogens is 204 g/mol. The Labute approximate surface area is 95.5 Å². The van der Waals surface area contributed by atoms with Crippen molar-refractivity contribution in [1.82, 2.24) is 15.2 Å². The summed E-state index contributed by atoms with van der Waals surface area (Å²) < 4.78 is 0. The summed E-state index contributed by atoms with van der Waals surface area (Å²) in [6, 6.07) is 0. The van der Waals surface area contributed by atoms with E-state index in [0.717, 1.165) is 11.6 Å². The van der Waals surface area contributed by atoms with E-state index in [1.807, 2.05) is 0 Å². The van der Waals surface area contributed by atoms with Crippen LogP contribution in [0, 0.1) is 0 Å². The van der Waals surface area contributed by atoms with E-state index >= 15 is 0 Å². The summed E-state index contributed by atoms with van der Waals surface area (Å²) in [4.78, 5) is 4.44. The number of hydrogen-bond donors (Lipinski definition) is 3. The number of H-pyrrole nitrogens is 1. The van der Waals surface area contributed by atoms with Crippen LogP contribution >= 0.6 is 0 Å². The minimum absolute atomic E-state index is 0.229. The average Bonchev–Trinajstić information content (AvgIpc) is 2.86. The predicted octanol–water partition coefficient (Wildman–Crippen LogP) is 0.714. The zero-order valence-corrected chi connectivity index (χ0v) is 9.74. The van der Waals surface area contributed by atoms with Gasteiger partial charge in [-0.1, -0.05) is 12.8 Å². The fourth-order valence-electron chi connectivity index (χ4n) is 2.19. The van der Waals surface area contributed by atoms with Gasteiger partial charge in [0.15, 0.2) is 5.82 Å². The molecule has 5 heteroatoms. The molecule has 5 nitrogen and oxygen atoms in total. The molecular formula is C11H20N4O. The molecule has 1 aromatic rings. The summed E-state index contributed by atoms with van der Waals surface area (Å²) in [5, 5.41) is 17.0. The number of aromatic nitrogens is 3. The van der Waals surface area contributed by atoms with Gasteiger partial charge in [-0.3, -0.25) is 5.10 Å². The highest BCUT2D eigenvalue weighted by molar-refractivity contribution is 5.02. The summed E-state index contributed by atoms with van der Waals surface area (Å²) >= 11 is 0. The smallest absolute Gasteiger partial charge is 0.153 e. The van der Waals surface area contributed by atoms with Crippen LogP contribution in [0.25, 0.3) is 0 Å². The normalized spacial score (nSPS) is 21.2. The van der Waals surface area contributed by atoms with E-state index in [9.17, 15) is 5.11 Å². The van der Waals surface area contributed by atoms with Crippen molar-refractivity contribution < 1.29 is 5.11 Å². The first kappa shape index (κ1) is 11.5. The van der Waals surface area contributed by atoms with Crippen molar-refractivity contribution in [3.63, 3.8) is 0 Å². The monoisotopic (exact) mass is 224 g/mol. The SMILES string of the molecule is CC(O)(CN)Cc1nc(C2CCCC2)n[nH]1. The van der Waals surface area contributed by atoms with Crippen molar-refractivity contribution in [3.8, 4) is 0 Å². The fourth-order valence-corrected chi connectivity index (χ4v) is 2.19. The predicted molar refractivity (Wildman–Crippen MR) is 61.0 cm³/mol. The van der Waals surface area contributed by atoms with E-state index < -0.39 is 5.60 Å². The third kappa shape index (κ3) is 2.59. The van der Waals surface area contributed by atoms with Gasteiger partial charge in [0, 0.05) is 18.9 Å². The molecule has 0 amide bonds. The van der Waals surface area contributed by atoms with Crippen molar-refractivity contribution in [2.45, 2.75) is 50.5 Å². The van der Waals surface area contributed by atoms with Gasteiger partial charge in [0.25, 0.3) is 0 Å². The third-order valence-corrected chi connectivity index (χ3v) is 3.26. The molecule has 1 aliphatic carbocycles. The quantitative estimate of drug-likeness (QED) is 0.703.